The lowest BCUT2D eigenvalue weighted by atomic mass is 9.79. The normalized spacial score (nSPS) is 26.7. The van der Waals surface area contributed by atoms with Crippen molar-refractivity contribution in [3.63, 3.8) is 0 Å². The average molecular weight is 255 g/mol. The smallest absolute Gasteiger partial charge is 0.220 e. The van der Waals surface area contributed by atoms with E-state index in [0.29, 0.717) is 0 Å². The molecule has 0 aromatic heterocycles. The van der Waals surface area contributed by atoms with Gasteiger partial charge in [0.1, 0.15) is 0 Å². The van der Waals surface area contributed by atoms with Gasteiger partial charge in [0, 0.05) is 50.8 Å². The number of primary amides is 1. The molecule has 2 rings (SSSR count). The highest BCUT2D eigenvalue weighted by Crippen LogP contribution is 2.34. The maximum Gasteiger partial charge on any atom is 0.220 e. The minimum atomic E-state index is -0.184. The van der Waals surface area contributed by atoms with Gasteiger partial charge in [0.25, 0.3) is 0 Å². The van der Waals surface area contributed by atoms with Gasteiger partial charge in [-0.05, 0) is 19.3 Å². The van der Waals surface area contributed by atoms with E-state index >= 15 is 0 Å². The summed E-state index contributed by atoms with van der Waals surface area (Å²) >= 11 is 0. The van der Waals surface area contributed by atoms with Crippen LogP contribution >= 0.6 is 0 Å². The Balaban J connectivity index is 2.08. The van der Waals surface area contributed by atoms with Crippen LogP contribution in [0.25, 0.3) is 0 Å². The molecule has 5 heteroatoms. The van der Waals surface area contributed by atoms with Crippen molar-refractivity contribution in [2.45, 2.75) is 31.7 Å². The van der Waals surface area contributed by atoms with Gasteiger partial charge in [-0.3, -0.25) is 9.69 Å². The van der Waals surface area contributed by atoms with Crippen molar-refractivity contribution in [2.75, 3.05) is 39.4 Å². The number of hydrogen-bond donors (Lipinski definition) is 2. The molecule has 1 unspecified atom stereocenters. The Morgan fingerprint density at radius 3 is 2.56 bits per heavy atom. The SMILES string of the molecule is CC(CC1(N2CCNCC2)CCOCC1)C(N)=O. The molecule has 0 radical (unpaired) electrons. The van der Waals surface area contributed by atoms with E-state index in [0.717, 1.165) is 58.7 Å². The van der Waals surface area contributed by atoms with Crippen LogP contribution in [0.4, 0.5) is 0 Å². The second-order valence-corrected chi connectivity index (χ2v) is 5.58. The molecule has 3 N–H and O–H groups in total. The number of hydrogen-bond acceptors (Lipinski definition) is 4. The fraction of sp³-hybridized carbons (Fsp3) is 0.923. The topological polar surface area (TPSA) is 67.6 Å². The van der Waals surface area contributed by atoms with E-state index in [-0.39, 0.29) is 17.4 Å². The highest BCUT2D eigenvalue weighted by Gasteiger charge is 2.40. The number of carbonyl (C=O) groups is 1. The van der Waals surface area contributed by atoms with Gasteiger partial charge in [-0.25, -0.2) is 0 Å². The Morgan fingerprint density at radius 2 is 2.00 bits per heavy atom. The van der Waals surface area contributed by atoms with Crippen molar-refractivity contribution >= 4 is 5.91 Å². The van der Waals surface area contributed by atoms with Gasteiger partial charge in [-0.15, -0.1) is 0 Å². The van der Waals surface area contributed by atoms with Crippen molar-refractivity contribution in [3.8, 4) is 0 Å². The van der Waals surface area contributed by atoms with Crippen LogP contribution in [-0.2, 0) is 9.53 Å². The quantitative estimate of drug-likeness (QED) is 0.739. The van der Waals surface area contributed by atoms with E-state index in [1.807, 2.05) is 6.92 Å². The van der Waals surface area contributed by atoms with E-state index in [1.54, 1.807) is 0 Å². The van der Waals surface area contributed by atoms with Gasteiger partial charge >= 0.3 is 0 Å². The third-order valence-electron chi connectivity index (χ3n) is 4.38. The molecule has 0 aliphatic carbocycles. The van der Waals surface area contributed by atoms with Crippen LogP contribution in [0.1, 0.15) is 26.2 Å². The Labute approximate surface area is 109 Å². The lowest BCUT2D eigenvalue weighted by Crippen LogP contribution is -2.59. The predicted molar refractivity (Wildman–Crippen MR) is 70.2 cm³/mol. The van der Waals surface area contributed by atoms with Crippen LogP contribution in [-0.4, -0.2) is 55.7 Å². The maximum atomic E-state index is 11.4. The largest absolute Gasteiger partial charge is 0.381 e. The fourth-order valence-corrected chi connectivity index (χ4v) is 3.21. The van der Waals surface area contributed by atoms with Crippen molar-refractivity contribution in [1.29, 1.82) is 0 Å². The Morgan fingerprint density at radius 1 is 1.39 bits per heavy atom. The summed E-state index contributed by atoms with van der Waals surface area (Å²) in [6.07, 6.45) is 2.90. The summed E-state index contributed by atoms with van der Waals surface area (Å²) in [6, 6.07) is 0. The Kier molecular flexibility index (Phi) is 4.59. The zero-order valence-corrected chi connectivity index (χ0v) is 11.3. The first-order chi connectivity index (χ1) is 8.64. The number of amides is 1. The molecule has 0 aromatic rings. The van der Waals surface area contributed by atoms with Gasteiger partial charge in [-0.1, -0.05) is 6.92 Å². The van der Waals surface area contributed by atoms with Crippen LogP contribution < -0.4 is 11.1 Å². The molecule has 2 aliphatic heterocycles. The van der Waals surface area contributed by atoms with Crippen LogP contribution in [0.2, 0.25) is 0 Å². The van der Waals surface area contributed by atoms with E-state index in [4.69, 9.17) is 10.5 Å². The van der Waals surface area contributed by atoms with E-state index in [9.17, 15) is 4.79 Å². The molecule has 5 nitrogen and oxygen atoms in total. The van der Waals surface area contributed by atoms with E-state index in [1.165, 1.54) is 0 Å². The number of carbonyl (C=O) groups excluding carboxylic acids is 1. The van der Waals surface area contributed by atoms with Gasteiger partial charge in [0.2, 0.25) is 5.91 Å². The minimum absolute atomic E-state index is 0.0574. The molecular weight excluding hydrogens is 230 g/mol. The minimum Gasteiger partial charge on any atom is -0.381 e. The third kappa shape index (κ3) is 3.02. The Hall–Kier alpha value is -0.650. The standard InChI is InChI=1S/C13H25N3O2/c1-11(12(14)17)10-13(2-8-18-9-3-13)16-6-4-15-5-7-16/h11,15H,2-10H2,1H3,(H2,14,17). The first-order valence-corrected chi connectivity index (χ1v) is 6.97. The molecule has 2 saturated heterocycles. The summed E-state index contributed by atoms with van der Waals surface area (Å²) < 4.78 is 5.50. The summed E-state index contributed by atoms with van der Waals surface area (Å²) in [4.78, 5) is 13.9. The monoisotopic (exact) mass is 255 g/mol. The number of nitrogens with two attached hydrogens (primary N) is 1. The lowest BCUT2D eigenvalue weighted by Gasteiger charge is -2.49. The van der Waals surface area contributed by atoms with Gasteiger partial charge < -0.3 is 15.8 Å². The summed E-state index contributed by atoms with van der Waals surface area (Å²) in [5, 5.41) is 3.38. The third-order valence-corrected chi connectivity index (χ3v) is 4.38. The summed E-state index contributed by atoms with van der Waals surface area (Å²) in [6.45, 7) is 7.74. The average Bonchev–Trinajstić information content (AvgIpc) is 2.40. The first kappa shape index (κ1) is 13.8. The molecule has 104 valence electrons. The highest BCUT2D eigenvalue weighted by molar-refractivity contribution is 5.76. The molecule has 0 spiro atoms. The van der Waals surface area contributed by atoms with Crippen molar-refractivity contribution in [1.82, 2.24) is 10.2 Å². The number of rotatable bonds is 4. The molecule has 0 bridgehead atoms. The lowest BCUT2D eigenvalue weighted by molar-refractivity contribution is -0.124. The second-order valence-electron chi connectivity index (χ2n) is 5.58. The van der Waals surface area contributed by atoms with Crippen LogP contribution in [0.3, 0.4) is 0 Å². The molecule has 0 saturated carbocycles. The summed E-state index contributed by atoms with van der Waals surface area (Å²) in [5.41, 5.74) is 5.56. The van der Waals surface area contributed by atoms with E-state index < -0.39 is 0 Å². The van der Waals surface area contributed by atoms with Gasteiger partial charge in [0.15, 0.2) is 0 Å². The Bertz CT molecular complexity index is 284. The zero-order valence-electron chi connectivity index (χ0n) is 11.3. The molecule has 0 aromatic carbocycles. The van der Waals surface area contributed by atoms with Crippen LogP contribution in [0.5, 0.6) is 0 Å². The summed E-state index contributed by atoms with van der Waals surface area (Å²) in [5.74, 6) is -0.242. The molecule has 1 atom stereocenters. The second kappa shape index (κ2) is 5.99. The number of nitrogens with zero attached hydrogens (tertiary/aromatic N) is 1. The predicted octanol–water partition coefficient (Wildman–Crippen LogP) is -0.0477. The van der Waals surface area contributed by atoms with Crippen LogP contribution in [0, 0.1) is 5.92 Å². The van der Waals surface area contributed by atoms with Gasteiger partial charge in [-0.2, -0.15) is 0 Å². The highest BCUT2D eigenvalue weighted by atomic mass is 16.5. The molecule has 2 aliphatic rings. The zero-order chi connectivity index (χ0) is 13.0. The maximum absolute atomic E-state index is 11.4. The van der Waals surface area contributed by atoms with Crippen LogP contribution in [0.15, 0.2) is 0 Å². The molecule has 2 heterocycles. The number of nitrogens with one attached hydrogen (secondary N) is 1. The number of ether oxygens (including phenoxy) is 1. The first-order valence-electron chi connectivity index (χ1n) is 6.97. The van der Waals surface area contributed by atoms with Crippen molar-refractivity contribution < 1.29 is 9.53 Å². The molecule has 2 fully saturated rings. The summed E-state index contributed by atoms with van der Waals surface area (Å²) in [7, 11) is 0. The van der Waals surface area contributed by atoms with E-state index in [2.05, 4.69) is 10.2 Å². The number of piperazine rings is 1. The molecule has 1 amide bonds. The van der Waals surface area contributed by atoms with Gasteiger partial charge in [0.05, 0.1) is 0 Å². The fourth-order valence-electron chi connectivity index (χ4n) is 3.21. The van der Waals surface area contributed by atoms with Crippen molar-refractivity contribution in [3.05, 3.63) is 0 Å². The molecule has 18 heavy (non-hydrogen) atoms. The van der Waals surface area contributed by atoms with Crippen molar-refractivity contribution in [2.24, 2.45) is 11.7 Å². The molecular formula is C13H25N3O2.